The van der Waals surface area contributed by atoms with Crippen molar-refractivity contribution in [3.63, 3.8) is 0 Å². The van der Waals surface area contributed by atoms with Crippen molar-refractivity contribution in [3.05, 3.63) is 12.2 Å². The largest absolute Gasteiger partial charge is 0.371 e. The quantitative estimate of drug-likeness (QED) is 0.464. The van der Waals surface area contributed by atoms with Gasteiger partial charge in [0, 0.05) is 7.11 Å². The van der Waals surface area contributed by atoms with Crippen molar-refractivity contribution in [2.45, 2.75) is 44.0 Å². The van der Waals surface area contributed by atoms with Gasteiger partial charge in [-0.05, 0) is 26.7 Å². The summed E-state index contributed by atoms with van der Waals surface area (Å²) < 4.78 is 11.2. The van der Waals surface area contributed by atoms with Crippen molar-refractivity contribution in [2.75, 3.05) is 7.11 Å². The summed E-state index contributed by atoms with van der Waals surface area (Å²) in [5, 5.41) is 0. The average Bonchev–Trinajstić information content (AvgIpc) is 2.67. The number of hydrogen-bond donors (Lipinski definition) is 0. The number of ether oxygens (including phenoxy) is 2. The molecule has 2 nitrogen and oxygen atoms in total. The second kappa shape index (κ2) is 2.33. The van der Waals surface area contributed by atoms with Gasteiger partial charge in [0.2, 0.25) is 0 Å². The van der Waals surface area contributed by atoms with Gasteiger partial charge in [0.05, 0.1) is 5.60 Å². The molecule has 1 unspecified atom stereocenters. The van der Waals surface area contributed by atoms with Crippen LogP contribution in [0.4, 0.5) is 0 Å². The van der Waals surface area contributed by atoms with Crippen molar-refractivity contribution in [1.29, 1.82) is 0 Å². The topological polar surface area (TPSA) is 21.8 Å². The van der Waals surface area contributed by atoms with Crippen LogP contribution in [0.1, 0.15) is 26.7 Å². The molecule has 2 aliphatic rings. The van der Waals surface area contributed by atoms with Gasteiger partial charge in [0.25, 0.3) is 0 Å². The SMILES string of the molecule is C/C=C/[C@@]1(OC)CC[C@]2(C)OC12. The molecular formula is C10H16O2. The van der Waals surface area contributed by atoms with Crippen LogP contribution in [0.5, 0.6) is 0 Å². The third-order valence-corrected chi connectivity index (χ3v) is 3.17. The lowest BCUT2D eigenvalue weighted by Gasteiger charge is -2.23. The zero-order valence-electron chi connectivity index (χ0n) is 7.96. The maximum Gasteiger partial charge on any atom is 0.119 e. The Kier molecular flexibility index (Phi) is 1.61. The van der Waals surface area contributed by atoms with E-state index < -0.39 is 0 Å². The van der Waals surface area contributed by atoms with Crippen molar-refractivity contribution in [1.82, 2.24) is 0 Å². The van der Waals surface area contributed by atoms with E-state index in [0.29, 0.717) is 6.10 Å². The smallest absolute Gasteiger partial charge is 0.119 e. The zero-order valence-corrected chi connectivity index (χ0v) is 7.96. The average molecular weight is 168 g/mol. The van der Waals surface area contributed by atoms with E-state index in [2.05, 4.69) is 19.1 Å². The fourth-order valence-corrected chi connectivity index (χ4v) is 2.35. The summed E-state index contributed by atoms with van der Waals surface area (Å²) in [6.45, 7) is 4.20. The number of hydrogen-bond acceptors (Lipinski definition) is 2. The summed E-state index contributed by atoms with van der Waals surface area (Å²) in [5.41, 5.74) is -0.000972. The molecule has 0 amide bonds. The van der Waals surface area contributed by atoms with Gasteiger partial charge < -0.3 is 9.47 Å². The predicted molar refractivity (Wildman–Crippen MR) is 47.1 cm³/mol. The van der Waals surface area contributed by atoms with Crippen molar-refractivity contribution in [2.24, 2.45) is 0 Å². The fourth-order valence-electron chi connectivity index (χ4n) is 2.35. The first-order valence-electron chi connectivity index (χ1n) is 4.54. The van der Waals surface area contributed by atoms with E-state index in [1.807, 2.05) is 6.92 Å². The Hall–Kier alpha value is -0.340. The Morgan fingerprint density at radius 1 is 1.50 bits per heavy atom. The summed E-state index contributed by atoms with van der Waals surface area (Å²) >= 11 is 0. The molecule has 0 N–H and O–H groups in total. The highest BCUT2D eigenvalue weighted by Gasteiger charge is 2.67. The molecular weight excluding hydrogens is 152 g/mol. The molecule has 0 aromatic rings. The van der Waals surface area contributed by atoms with Crippen molar-refractivity contribution < 1.29 is 9.47 Å². The van der Waals surface area contributed by atoms with E-state index in [-0.39, 0.29) is 11.2 Å². The highest BCUT2D eigenvalue weighted by atomic mass is 16.6. The monoisotopic (exact) mass is 168 g/mol. The third-order valence-electron chi connectivity index (χ3n) is 3.17. The van der Waals surface area contributed by atoms with E-state index in [0.717, 1.165) is 12.8 Å². The molecule has 68 valence electrons. The molecule has 2 heteroatoms. The normalized spacial score (nSPS) is 51.4. The maximum atomic E-state index is 5.62. The Balaban J connectivity index is 2.20. The molecule has 0 spiro atoms. The van der Waals surface area contributed by atoms with Crippen LogP contribution in [0.25, 0.3) is 0 Å². The van der Waals surface area contributed by atoms with Gasteiger partial charge >= 0.3 is 0 Å². The summed E-state index contributed by atoms with van der Waals surface area (Å²) in [7, 11) is 1.77. The van der Waals surface area contributed by atoms with Crippen LogP contribution >= 0.6 is 0 Å². The standard InChI is InChI=1S/C10H16O2/c1-4-5-10(11-3)7-6-9(2)8(10)12-9/h4-5,8H,6-7H2,1-3H3/b5-4+/t8?,9-,10+/m0/s1. The van der Waals surface area contributed by atoms with Gasteiger partial charge in [0.1, 0.15) is 11.7 Å². The van der Waals surface area contributed by atoms with E-state index in [4.69, 9.17) is 9.47 Å². The number of allylic oxidation sites excluding steroid dienone is 1. The second-order valence-electron chi connectivity index (χ2n) is 3.97. The molecule has 1 saturated carbocycles. The van der Waals surface area contributed by atoms with Crippen LogP contribution in [0, 0.1) is 0 Å². The first kappa shape index (κ1) is 8.27. The molecule has 1 aliphatic carbocycles. The molecule has 0 aromatic carbocycles. The highest BCUT2D eigenvalue weighted by molar-refractivity contribution is 5.24. The molecule has 3 atom stereocenters. The van der Waals surface area contributed by atoms with Crippen molar-refractivity contribution in [3.8, 4) is 0 Å². The van der Waals surface area contributed by atoms with E-state index >= 15 is 0 Å². The molecule has 0 radical (unpaired) electrons. The van der Waals surface area contributed by atoms with Crippen LogP contribution in [0.15, 0.2) is 12.2 Å². The fraction of sp³-hybridized carbons (Fsp3) is 0.800. The lowest BCUT2D eigenvalue weighted by atomic mass is 9.99. The molecule has 2 rings (SSSR count). The van der Waals surface area contributed by atoms with Gasteiger partial charge in [-0.25, -0.2) is 0 Å². The Labute approximate surface area is 73.5 Å². The number of epoxide rings is 1. The van der Waals surface area contributed by atoms with Gasteiger partial charge in [-0.15, -0.1) is 0 Å². The first-order valence-corrected chi connectivity index (χ1v) is 4.54. The molecule has 2 fully saturated rings. The van der Waals surface area contributed by atoms with Crippen LogP contribution in [-0.4, -0.2) is 24.4 Å². The summed E-state index contributed by atoms with van der Waals surface area (Å²) in [6, 6.07) is 0. The third kappa shape index (κ3) is 0.882. The first-order chi connectivity index (χ1) is 5.67. The second-order valence-corrected chi connectivity index (χ2v) is 3.97. The molecule has 0 aromatic heterocycles. The Morgan fingerprint density at radius 2 is 2.25 bits per heavy atom. The van der Waals surface area contributed by atoms with E-state index in [1.54, 1.807) is 7.11 Å². The highest BCUT2D eigenvalue weighted by Crippen LogP contribution is 2.56. The van der Waals surface area contributed by atoms with Gasteiger partial charge in [-0.3, -0.25) is 0 Å². The van der Waals surface area contributed by atoms with Crippen LogP contribution in [0.3, 0.4) is 0 Å². The summed E-state index contributed by atoms with van der Waals surface area (Å²) in [6.07, 6.45) is 6.70. The number of rotatable bonds is 2. The molecule has 0 bridgehead atoms. The van der Waals surface area contributed by atoms with Gasteiger partial charge in [0.15, 0.2) is 0 Å². The number of fused-ring (bicyclic) bond motifs is 1. The van der Waals surface area contributed by atoms with Gasteiger partial charge in [-0.2, -0.15) is 0 Å². The minimum atomic E-state index is -0.122. The van der Waals surface area contributed by atoms with Crippen molar-refractivity contribution >= 4 is 0 Å². The lowest BCUT2D eigenvalue weighted by Crippen LogP contribution is -2.32. The molecule has 1 aliphatic heterocycles. The molecule has 1 saturated heterocycles. The minimum absolute atomic E-state index is 0.121. The minimum Gasteiger partial charge on any atom is -0.371 e. The van der Waals surface area contributed by atoms with Crippen LogP contribution in [-0.2, 0) is 9.47 Å². The van der Waals surface area contributed by atoms with E-state index in [1.165, 1.54) is 0 Å². The van der Waals surface area contributed by atoms with Crippen LogP contribution < -0.4 is 0 Å². The van der Waals surface area contributed by atoms with E-state index in [9.17, 15) is 0 Å². The summed E-state index contributed by atoms with van der Waals surface area (Å²) in [5.74, 6) is 0. The summed E-state index contributed by atoms with van der Waals surface area (Å²) in [4.78, 5) is 0. The molecule has 1 heterocycles. The predicted octanol–water partition coefficient (Wildman–Crippen LogP) is 1.90. The Morgan fingerprint density at radius 3 is 2.58 bits per heavy atom. The zero-order chi connectivity index (χ0) is 8.82. The lowest BCUT2D eigenvalue weighted by molar-refractivity contribution is -0.0000380. The Bertz CT molecular complexity index is 224. The van der Waals surface area contributed by atoms with Gasteiger partial charge in [-0.1, -0.05) is 12.2 Å². The maximum absolute atomic E-state index is 5.62. The van der Waals surface area contributed by atoms with Crippen LogP contribution in [0.2, 0.25) is 0 Å². The molecule has 12 heavy (non-hydrogen) atoms. The number of methoxy groups -OCH3 is 1.